The van der Waals surface area contributed by atoms with Crippen LogP contribution in [0.4, 0.5) is 0 Å². The standard InChI is InChI=1S/C15H16O7S2/c1-11-2-4-12(5-3-11)9-24(20,21)22-15-7-6-14(16)8-13(15)10-23(17,18)19/h2-8,16H,9-10H2,1H3,(H,17,18,19). The van der Waals surface area contributed by atoms with Gasteiger partial charge in [-0.05, 0) is 30.7 Å². The van der Waals surface area contributed by atoms with Crippen LogP contribution in [0.25, 0.3) is 0 Å². The van der Waals surface area contributed by atoms with Gasteiger partial charge < -0.3 is 9.29 Å². The van der Waals surface area contributed by atoms with E-state index in [0.717, 1.165) is 23.8 Å². The minimum Gasteiger partial charge on any atom is -0.508 e. The van der Waals surface area contributed by atoms with Gasteiger partial charge in [-0.1, -0.05) is 29.8 Å². The zero-order chi connectivity index (χ0) is 18.0. The molecule has 0 atom stereocenters. The van der Waals surface area contributed by atoms with Crippen molar-refractivity contribution in [3.63, 3.8) is 0 Å². The van der Waals surface area contributed by atoms with E-state index in [1.165, 1.54) is 0 Å². The monoisotopic (exact) mass is 372 g/mol. The van der Waals surface area contributed by atoms with Gasteiger partial charge in [-0.15, -0.1) is 0 Å². The second kappa shape index (κ2) is 6.80. The highest BCUT2D eigenvalue weighted by Crippen LogP contribution is 2.27. The fourth-order valence-electron chi connectivity index (χ4n) is 2.01. The van der Waals surface area contributed by atoms with E-state index in [2.05, 4.69) is 0 Å². The van der Waals surface area contributed by atoms with E-state index in [0.29, 0.717) is 5.56 Å². The number of rotatable bonds is 6. The number of benzene rings is 2. The number of hydrogen-bond acceptors (Lipinski definition) is 6. The van der Waals surface area contributed by atoms with Crippen molar-refractivity contribution in [2.24, 2.45) is 0 Å². The van der Waals surface area contributed by atoms with Crippen molar-refractivity contribution < 1.29 is 30.7 Å². The zero-order valence-corrected chi connectivity index (χ0v) is 14.3. The van der Waals surface area contributed by atoms with Gasteiger partial charge in [0.25, 0.3) is 10.1 Å². The molecule has 130 valence electrons. The molecule has 24 heavy (non-hydrogen) atoms. The molecule has 0 aliphatic carbocycles. The Balaban J connectivity index is 2.27. The molecule has 0 saturated carbocycles. The lowest BCUT2D eigenvalue weighted by Gasteiger charge is -2.11. The number of phenolic OH excluding ortho intramolecular Hbond substituents is 1. The Labute approximate surface area is 140 Å². The minimum absolute atomic E-state index is 0.162. The SMILES string of the molecule is Cc1ccc(CS(=O)(=O)Oc2ccc(O)cc2CS(=O)(=O)O)cc1. The Morgan fingerprint density at radius 3 is 2.17 bits per heavy atom. The summed E-state index contributed by atoms with van der Waals surface area (Å²) in [5.74, 6) is -1.83. The molecule has 0 spiro atoms. The fourth-order valence-corrected chi connectivity index (χ4v) is 3.73. The Kier molecular flexibility index (Phi) is 5.16. The molecule has 0 radical (unpaired) electrons. The van der Waals surface area contributed by atoms with Crippen molar-refractivity contribution in [1.29, 1.82) is 0 Å². The molecular weight excluding hydrogens is 356 g/mol. The molecule has 2 rings (SSSR count). The van der Waals surface area contributed by atoms with Gasteiger partial charge in [-0.2, -0.15) is 16.8 Å². The second-order valence-corrected chi connectivity index (χ2v) is 8.31. The predicted octanol–water partition coefficient (Wildman–Crippen LogP) is 2.00. The average Bonchev–Trinajstić information content (AvgIpc) is 2.42. The van der Waals surface area contributed by atoms with Crippen LogP contribution in [0.3, 0.4) is 0 Å². The largest absolute Gasteiger partial charge is 0.508 e. The molecule has 0 amide bonds. The van der Waals surface area contributed by atoms with E-state index < -0.39 is 31.7 Å². The molecule has 2 N–H and O–H groups in total. The summed E-state index contributed by atoms with van der Waals surface area (Å²) in [6, 6.07) is 10.1. The first-order chi connectivity index (χ1) is 11.0. The average molecular weight is 372 g/mol. The molecule has 0 saturated heterocycles. The van der Waals surface area contributed by atoms with Crippen LogP contribution in [0.1, 0.15) is 16.7 Å². The summed E-state index contributed by atoms with van der Waals surface area (Å²) < 4.78 is 60.2. The molecular formula is C15H16O7S2. The molecule has 2 aromatic rings. The molecule has 0 heterocycles. The van der Waals surface area contributed by atoms with Crippen molar-refractivity contribution in [3.05, 3.63) is 59.2 Å². The van der Waals surface area contributed by atoms with Gasteiger partial charge in [-0.25, -0.2) is 0 Å². The van der Waals surface area contributed by atoms with Gasteiger partial charge in [0.1, 0.15) is 23.0 Å². The van der Waals surface area contributed by atoms with Gasteiger partial charge >= 0.3 is 10.1 Å². The lowest BCUT2D eigenvalue weighted by molar-refractivity contribution is 0.462. The molecule has 2 aromatic carbocycles. The zero-order valence-electron chi connectivity index (χ0n) is 12.7. The summed E-state index contributed by atoms with van der Waals surface area (Å²) in [7, 11) is -8.47. The molecule has 0 aliphatic heterocycles. The highest BCUT2D eigenvalue weighted by molar-refractivity contribution is 7.86. The van der Waals surface area contributed by atoms with Crippen LogP contribution in [0.15, 0.2) is 42.5 Å². The third-order valence-corrected chi connectivity index (χ3v) is 4.86. The van der Waals surface area contributed by atoms with Crippen LogP contribution in [-0.2, 0) is 31.7 Å². The van der Waals surface area contributed by atoms with Gasteiger partial charge in [0.05, 0.1) is 0 Å². The summed E-state index contributed by atoms with van der Waals surface area (Å²) in [5, 5.41) is 9.41. The molecule has 0 fully saturated rings. The van der Waals surface area contributed by atoms with Crippen LogP contribution in [0.2, 0.25) is 0 Å². The minimum atomic E-state index is -4.42. The Hall–Kier alpha value is -2.10. The number of aromatic hydroxyl groups is 1. The Morgan fingerprint density at radius 1 is 0.958 bits per heavy atom. The second-order valence-electron chi connectivity index (χ2n) is 5.29. The summed E-state index contributed by atoms with van der Waals surface area (Å²) >= 11 is 0. The summed E-state index contributed by atoms with van der Waals surface area (Å²) in [5.41, 5.74) is 1.33. The molecule has 9 heteroatoms. The van der Waals surface area contributed by atoms with Crippen LogP contribution in [0, 0.1) is 6.92 Å². The van der Waals surface area contributed by atoms with E-state index in [9.17, 15) is 21.9 Å². The fraction of sp³-hybridized carbons (Fsp3) is 0.200. The van der Waals surface area contributed by atoms with Gasteiger partial charge in [-0.3, -0.25) is 4.55 Å². The maximum Gasteiger partial charge on any atom is 0.313 e. The number of phenols is 1. The quantitative estimate of drug-likeness (QED) is 0.588. The van der Waals surface area contributed by atoms with Crippen LogP contribution >= 0.6 is 0 Å². The van der Waals surface area contributed by atoms with Crippen LogP contribution in [-0.4, -0.2) is 26.5 Å². The normalized spacial score (nSPS) is 12.1. The smallest absolute Gasteiger partial charge is 0.313 e. The Bertz CT molecular complexity index is 930. The lowest BCUT2D eigenvalue weighted by atomic mass is 10.2. The van der Waals surface area contributed by atoms with E-state index in [-0.39, 0.29) is 17.1 Å². The molecule has 0 aliphatic rings. The van der Waals surface area contributed by atoms with Crippen LogP contribution in [0.5, 0.6) is 11.5 Å². The van der Waals surface area contributed by atoms with Gasteiger partial charge in [0.2, 0.25) is 0 Å². The highest BCUT2D eigenvalue weighted by Gasteiger charge is 2.19. The van der Waals surface area contributed by atoms with E-state index >= 15 is 0 Å². The summed E-state index contributed by atoms with van der Waals surface area (Å²) in [6.07, 6.45) is 0. The first-order valence-electron chi connectivity index (χ1n) is 6.79. The predicted molar refractivity (Wildman–Crippen MR) is 87.8 cm³/mol. The molecule has 7 nitrogen and oxygen atoms in total. The van der Waals surface area contributed by atoms with Crippen molar-refractivity contribution in [1.82, 2.24) is 0 Å². The van der Waals surface area contributed by atoms with Gasteiger partial charge in [0.15, 0.2) is 0 Å². The third-order valence-electron chi connectivity index (χ3n) is 3.06. The van der Waals surface area contributed by atoms with Crippen molar-refractivity contribution in [2.45, 2.75) is 18.4 Å². The topological polar surface area (TPSA) is 118 Å². The maximum absolute atomic E-state index is 12.2. The maximum atomic E-state index is 12.2. The van der Waals surface area contributed by atoms with Crippen molar-refractivity contribution in [3.8, 4) is 11.5 Å². The summed E-state index contributed by atoms with van der Waals surface area (Å²) in [6.45, 7) is 1.87. The first kappa shape index (κ1) is 18.2. The highest BCUT2D eigenvalue weighted by atomic mass is 32.2. The number of hydrogen-bond donors (Lipinski definition) is 2. The van der Waals surface area contributed by atoms with Crippen LogP contribution < -0.4 is 4.18 Å². The third kappa shape index (κ3) is 5.52. The van der Waals surface area contributed by atoms with E-state index in [1.54, 1.807) is 24.3 Å². The molecule has 0 bridgehead atoms. The lowest BCUT2D eigenvalue weighted by Crippen LogP contribution is -2.14. The summed E-state index contributed by atoms with van der Waals surface area (Å²) in [4.78, 5) is 0. The van der Waals surface area contributed by atoms with Gasteiger partial charge in [0, 0.05) is 5.56 Å². The number of aryl methyl sites for hydroxylation is 1. The molecule has 0 aromatic heterocycles. The molecule has 0 unspecified atom stereocenters. The van der Waals surface area contributed by atoms with E-state index in [1.807, 2.05) is 6.92 Å². The first-order valence-corrected chi connectivity index (χ1v) is 9.97. The van der Waals surface area contributed by atoms with E-state index in [4.69, 9.17) is 8.74 Å². The van der Waals surface area contributed by atoms with Crippen molar-refractivity contribution >= 4 is 20.2 Å². The van der Waals surface area contributed by atoms with Crippen molar-refractivity contribution in [2.75, 3.05) is 0 Å². The Morgan fingerprint density at radius 2 is 1.58 bits per heavy atom.